The number of sulfonamides is 1. The molecule has 7 nitrogen and oxygen atoms in total. The topological polar surface area (TPSA) is 103 Å². The number of aromatic nitrogens is 3. The van der Waals surface area contributed by atoms with E-state index in [0.29, 0.717) is 13.1 Å². The van der Waals surface area contributed by atoms with Crippen LogP contribution in [0.25, 0.3) is 0 Å². The summed E-state index contributed by atoms with van der Waals surface area (Å²) in [7, 11) is -3.60. The molecule has 0 spiro atoms. The third-order valence-electron chi connectivity index (χ3n) is 2.82. The molecule has 2 heterocycles. The average Bonchev–Trinajstić information content (AvgIpc) is 2.89. The van der Waals surface area contributed by atoms with E-state index in [1.165, 1.54) is 17.1 Å². The molecular formula is C12H17N5O2S. The van der Waals surface area contributed by atoms with Gasteiger partial charge in [-0.1, -0.05) is 0 Å². The van der Waals surface area contributed by atoms with Crippen LogP contribution in [0.1, 0.15) is 18.5 Å². The number of nitrogens with one attached hydrogen (secondary N) is 1. The van der Waals surface area contributed by atoms with Gasteiger partial charge in [0, 0.05) is 31.2 Å². The summed E-state index contributed by atoms with van der Waals surface area (Å²) in [4.78, 5) is 4.04. The lowest BCUT2D eigenvalue weighted by atomic mass is 10.1. The van der Waals surface area contributed by atoms with E-state index < -0.39 is 10.0 Å². The van der Waals surface area contributed by atoms with Crippen LogP contribution in [0, 0.1) is 0 Å². The highest BCUT2D eigenvalue weighted by molar-refractivity contribution is 7.89. The van der Waals surface area contributed by atoms with Crippen LogP contribution >= 0.6 is 0 Å². The molecule has 0 saturated carbocycles. The van der Waals surface area contributed by atoms with Gasteiger partial charge >= 0.3 is 0 Å². The Kier molecular flexibility index (Phi) is 4.48. The number of hydrogen-bond acceptors (Lipinski definition) is 5. The lowest BCUT2D eigenvalue weighted by Gasteiger charge is -2.13. The molecule has 3 N–H and O–H groups in total. The first-order valence-electron chi connectivity index (χ1n) is 6.17. The molecule has 8 heteroatoms. The van der Waals surface area contributed by atoms with Crippen molar-refractivity contribution in [2.45, 2.75) is 24.4 Å². The highest BCUT2D eigenvalue weighted by Crippen LogP contribution is 2.15. The minimum atomic E-state index is -3.60. The summed E-state index contributed by atoms with van der Waals surface area (Å²) in [5.41, 5.74) is 6.25. The molecule has 0 aliphatic heterocycles. The van der Waals surface area contributed by atoms with Crippen LogP contribution in [0.2, 0.25) is 0 Å². The summed E-state index contributed by atoms with van der Waals surface area (Å²) in [6.45, 7) is 2.66. The van der Waals surface area contributed by atoms with Crippen LogP contribution in [0.15, 0.2) is 41.8 Å². The van der Waals surface area contributed by atoms with Gasteiger partial charge in [0.2, 0.25) is 10.0 Å². The van der Waals surface area contributed by atoms with Gasteiger partial charge in [0.1, 0.15) is 4.90 Å². The quantitative estimate of drug-likeness (QED) is 0.796. The molecule has 0 amide bonds. The van der Waals surface area contributed by atoms with Gasteiger partial charge in [0.25, 0.3) is 0 Å². The van der Waals surface area contributed by atoms with Gasteiger partial charge in [-0.05, 0) is 24.6 Å². The maximum atomic E-state index is 12.2. The number of nitrogens with zero attached hydrogens (tertiary/aromatic N) is 3. The maximum absolute atomic E-state index is 12.2. The smallest absolute Gasteiger partial charge is 0.244 e. The zero-order valence-corrected chi connectivity index (χ0v) is 11.9. The minimum Gasteiger partial charge on any atom is -0.329 e. The fraction of sp³-hybridized carbons (Fsp3) is 0.333. The van der Waals surface area contributed by atoms with E-state index in [1.54, 1.807) is 31.5 Å². The maximum Gasteiger partial charge on any atom is 0.244 e. The highest BCUT2D eigenvalue weighted by Gasteiger charge is 2.20. The summed E-state index contributed by atoms with van der Waals surface area (Å²) < 4.78 is 28.6. The van der Waals surface area contributed by atoms with Crippen molar-refractivity contribution in [3.05, 3.63) is 42.5 Å². The molecule has 1 atom stereocenters. The van der Waals surface area contributed by atoms with Crippen molar-refractivity contribution >= 4 is 10.0 Å². The molecule has 1 unspecified atom stereocenters. The second-order valence-corrected chi connectivity index (χ2v) is 6.07. The zero-order chi connectivity index (χ0) is 14.6. The van der Waals surface area contributed by atoms with Crippen molar-refractivity contribution in [3.63, 3.8) is 0 Å². The first-order valence-corrected chi connectivity index (χ1v) is 7.66. The Balaban J connectivity index is 2.14. The van der Waals surface area contributed by atoms with Crippen molar-refractivity contribution < 1.29 is 8.42 Å². The molecule has 2 rings (SSSR count). The van der Waals surface area contributed by atoms with Gasteiger partial charge in [0.15, 0.2) is 0 Å². The number of nitrogens with two attached hydrogens (primary N) is 1. The molecule has 0 aliphatic carbocycles. The molecule has 2 aromatic rings. The Bertz CT molecular complexity index is 653. The van der Waals surface area contributed by atoms with Gasteiger partial charge < -0.3 is 5.73 Å². The fourth-order valence-corrected chi connectivity index (χ4v) is 2.94. The van der Waals surface area contributed by atoms with E-state index in [0.717, 1.165) is 5.56 Å². The minimum absolute atomic E-state index is 0.131. The average molecular weight is 295 g/mol. The van der Waals surface area contributed by atoms with Crippen LogP contribution in [0.4, 0.5) is 0 Å². The molecule has 20 heavy (non-hydrogen) atoms. The van der Waals surface area contributed by atoms with E-state index in [1.807, 2.05) is 0 Å². The largest absolute Gasteiger partial charge is 0.329 e. The molecular weight excluding hydrogens is 278 g/mol. The van der Waals surface area contributed by atoms with Crippen molar-refractivity contribution in [3.8, 4) is 0 Å². The highest BCUT2D eigenvalue weighted by atomic mass is 32.2. The van der Waals surface area contributed by atoms with E-state index in [4.69, 9.17) is 5.73 Å². The lowest BCUT2D eigenvalue weighted by Crippen LogP contribution is -2.26. The molecule has 2 aromatic heterocycles. The SMILES string of the molecule is CC(NS(=O)(=O)c1cnn(CCN)c1)c1ccncc1. The molecule has 0 aromatic carbocycles. The van der Waals surface area contributed by atoms with E-state index in [9.17, 15) is 8.42 Å². The predicted molar refractivity (Wildman–Crippen MR) is 74.3 cm³/mol. The molecule has 0 bridgehead atoms. The van der Waals surface area contributed by atoms with Crippen molar-refractivity contribution in [2.24, 2.45) is 5.73 Å². The van der Waals surface area contributed by atoms with E-state index in [-0.39, 0.29) is 10.9 Å². The van der Waals surface area contributed by atoms with Gasteiger partial charge in [-0.25, -0.2) is 13.1 Å². The van der Waals surface area contributed by atoms with Gasteiger partial charge in [-0.2, -0.15) is 5.10 Å². The van der Waals surface area contributed by atoms with Gasteiger partial charge in [-0.3, -0.25) is 9.67 Å². The molecule has 0 saturated heterocycles. The Morgan fingerprint density at radius 1 is 1.40 bits per heavy atom. The monoisotopic (exact) mass is 295 g/mol. The number of hydrogen-bond donors (Lipinski definition) is 2. The molecule has 0 fully saturated rings. The standard InChI is InChI=1S/C12H17N5O2S/c1-10(11-2-5-14-6-3-11)16-20(18,19)12-8-15-17(9-12)7-4-13/h2-3,5-6,8-10,16H,4,7,13H2,1H3. The Hall–Kier alpha value is -1.77. The summed E-state index contributed by atoms with van der Waals surface area (Å²) in [6.07, 6.45) is 6.03. The molecule has 108 valence electrons. The normalized spacial score (nSPS) is 13.3. The zero-order valence-electron chi connectivity index (χ0n) is 11.1. The Morgan fingerprint density at radius 3 is 2.75 bits per heavy atom. The molecule has 0 radical (unpaired) electrons. The van der Waals surface area contributed by atoms with Crippen molar-refractivity contribution in [1.29, 1.82) is 0 Å². The van der Waals surface area contributed by atoms with Gasteiger partial charge in [0.05, 0.1) is 12.7 Å². The predicted octanol–water partition coefficient (Wildman–Crippen LogP) is 0.276. The van der Waals surface area contributed by atoms with Crippen LogP contribution in [0.5, 0.6) is 0 Å². The van der Waals surface area contributed by atoms with Crippen molar-refractivity contribution in [1.82, 2.24) is 19.5 Å². The Labute approximate surface area is 117 Å². The van der Waals surface area contributed by atoms with Gasteiger partial charge in [-0.15, -0.1) is 0 Å². The van der Waals surface area contributed by atoms with E-state index >= 15 is 0 Å². The Morgan fingerprint density at radius 2 is 2.10 bits per heavy atom. The van der Waals surface area contributed by atoms with Crippen LogP contribution < -0.4 is 10.5 Å². The van der Waals surface area contributed by atoms with Crippen molar-refractivity contribution in [2.75, 3.05) is 6.54 Å². The first-order chi connectivity index (χ1) is 9.53. The summed E-state index contributed by atoms with van der Waals surface area (Å²) in [5.74, 6) is 0. The summed E-state index contributed by atoms with van der Waals surface area (Å²) in [5, 5.41) is 3.96. The first kappa shape index (κ1) is 14.6. The van der Waals surface area contributed by atoms with E-state index in [2.05, 4.69) is 14.8 Å². The van der Waals surface area contributed by atoms with Crippen LogP contribution in [-0.2, 0) is 16.6 Å². The summed E-state index contributed by atoms with van der Waals surface area (Å²) in [6, 6.07) is 3.19. The number of rotatable bonds is 6. The third-order valence-corrected chi connectivity index (χ3v) is 4.31. The molecule has 0 aliphatic rings. The van der Waals surface area contributed by atoms with Crippen LogP contribution in [-0.4, -0.2) is 29.7 Å². The fourth-order valence-electron chi connectivity index (χ4n) is 1.76. The van der Waals surface area contributed by atoms with Crippen LogP contribution in [0.3, 0.4) is 0 Å². The summed E-state index contributed by atoms with van der Waals surface area (Å²) >= 11 is 0. The lowest BCUT2D eigenvalue weighted by molar-refractivity contribution is 0.566. The second kappa shape index (κ2) is 6.12. The number of pyridine rings is 1. The third kappa shape index (κ3) is 3.41. The second-order valence-electron chi connectivity index (χ2n) is 4.35.